The number of anilines is 1. The van der Waals surface area contributed by atoms with Crippen molar-refractivity contribution in [3.05, 3.63) is 27.4 Å². The van der Waals surface area contributed by atoms with Crippen molar-refractivity contribution in [2.24, 2.45) is 5.92 Å². The molecule has 1 fully saturated rings. The number of likely N-dealkylation sites (tertiary alicyclic amines) is 1. The lowest BCUT2D eigenvalue weighted by atomic mass is 9.93. The number of rotatable bonds is 7. The predicted molar refractivity (Wildman–Crippen MR) is 97.1 cm³/mol. The fourth-order valence-electron chi connectivity index (χ4n) is 2.88. The van der Waals surface area contributed by atoms with Gasteiger partial charge in [-0.25, -0.2) is 0 Å². The fraction of sp³-hybridized carbons (Fsp3) is 0.500. The van der Waals surface area contributed by atoms with E-state index in [2.05, 4.69) is 15.5 Å². The van der Waals surface area contributed by atoms with Crippen LogP contribution in [0.25, 0.3) is 0 Å². The van der Waals surface area contributed by atoms with E-state index in [1.54, 1.807) is 7.11 Å². The normalized spacial score (nSPS) is 18.2. The van der Waals surface area contributed by atoms with E-state index in [1.165, 1.54) is 22.7 Å². The summed E-state index contributed by atoms with van der Waals surface area (Å²) in [5, 5.41) is 13.7. The minimum Gasteiger partial charge on any atom is -0.377 e. The van der Waals surface area contributed by atoms with Crippen LogP contribution < -0.4 is 5.32 Å². The Labute approximate surface area is 154 Å². The molecule has 1 saturated heterocycles. The molecular formula is C16H20N4O3S2. The quantitative estimate of drug-likeness (QED) is 0.742. The molecule has 1 aliphatic heterocycles. The third-order valence-electron chi connectivity index (χ3n) is 3.99. The summed E-state index contributed by atoms with van der Waals surface area (Å²) in [5.74, 6) is 0.0211. The molecule has 0 saturated carbocycles. The lowest BCUT2D eigenvalue weighted by molar-refractivity contribution is -0.117. The molecule has 7 nitrogen and oxygen atoms in total. The minimum absolute atomic E-state index is 0.0324. The maximum absolute atomic E-state index is 12.5. The Morgan fingerprint density at radius 1 is 1.44 bits per heavy atom. The van der Waals surface area contributed by atoms with Crippen molar-refractivity contribution < 1.29 is 14.3 Å². The first-order valence-corrected chi connectivity index (χ1v) is 9.76. The average molecular weight is 380 g/mol. The number of hydrogen-bond donors (Lipinski definition) is 1. The molecule has 1 aliphatic rings. The van der Waals surface area contributed by atoms with E-state index in [0.717, 1.165) is 29.3 Å². The summed E-state index contributed by atoms with van der Waals surface area (Å²) < 4.78 is 4.99. The number of amides is 1. The summed E-state index contributed by atoms with van der Waals surface area (Å²) in [6.45, 7) is 2.08. The molecule has 2 aromatic heterocycles. The molecule has 25 heavy (non-hydrogen) atoms. The third-order valence-corrected chi connectivity index (χ3v) is 5.69. The lowest BCUT2D eigenvalue weighted by Crippen LogP contribution is -2.42. The van der Waals surface area contributed by atoms with Crippen molar-refractivity contribution in [2.75, 3.05) is 32.1 Å². The number of aromatic nitrogens is 2. The maximum atomic E-state index is 12.5. The van der Waals surface area contributed by atoms with E-state index in [4.69, 9.17) is 4.74 Å². The minimum atomic E-state index is -0.135. The van der Waals surface area contributed by atoms with Crippen molar-refractivity contribution >= 4 is 39.5 Å². The SMILES string of the molecule is COCc1nnc(NC(=O)CN2CCC[C@@H](C(=O)c3cccs3)C2)s1. The standard InChI is InChI=1S/C16H20N4O3S2/c1-23-10-14-18-19-16(25-14)17-13(21)9-20-6-2-4-11(8-20)15(22)12-5-3-7-24-12/h3,5,7,11H,2,4,6,8-10H2,1H3,(H,17,19,21)/t11-/m1/s1. The molecule has 0 radical (unpaired) electrons. The second-order valence-corrected chi connectivity index (χ2v) is 7.91. The zero-order chi connectivity index (χ0) is 17.6. The Morgan fingerprint density at radius 3 is 3.08 bits per heavy atom. The highest BCUT2D eigenvalue weighted by atomic mass is 32.1. The van der Waals surface area contributed by atoms with E-state index < -0.39 is 0 Å². The van der Waals surface area contributed by atoms with E-state index in [9.17, 15) is 9.59 Å². The number of thiophene rings is 1. The Bertz CT molecular complexity index is 717. The summed E-state index contributed by atoms with van der Waals surface area (Å²) in [7, 11) is 1.59. The molecule has 1 N–H and O–H groups in total. The molecule has 0 unspecified atom stereocenters. The first kappa shape index (κ1) is 18.1. The van der Waals surface area contributed by atoms with Gasteiger partial charge in [-0.1, -0.05) is 17.4 Å². The predicted octanol–water partition coefficient (Wildman–Crippen LogP) is 2.28. The van der Waals surface area contributed by atoms with Crippen LogP contribution in [0.5, 0.6) is 0 Å². The summed E-state index contributed by atoms with van der Waals surface area (Å²) in [5.41, 5.74) is 0. The summed E-state index contributed by atoms with van der Waals surface area (Å²) >= 11 is 2.78. The van der Waals surface area contributed by atoms with Gasteiger partial charge in [0.05, 0.1) is 11.4 Å². The van der Waals surface area contributed by atoms with Gasteiger partial charge in [0, 0.05) is 19.6 Å². The van der Waals surface area contributed by atoms with Gasteiger partial charge in [-0.2, -0.15) is 0 Å². The fourth-order valence-corrected chi connectivity index (χ4v) is 4.35. The third kappa shape index (κ3) is 4.91. The largest absolute Gasteiger partial charge is 0.377 e. The topological polar surface area (TPSA) is 84.4 Å². The highest BCUT2D eigenvalue weighted by Gasteiger charge is 2.28. The molecule has 0 bridgehead atoms. The molecular weight excluding hydrogens is 360 g/mol. The number of carbonyl (C=O) groups excluding carboxylic acids is 2. The molecule has 3 heterocycles. The number of piperidine rings is 1. The Kier molecular flexibility index (Phi) is 6.24. The molecule has 3 rings (SSSR count). The molecule has 0 aromatic carbocycles. The van der Waals surface area contributed by atoms with Crippen molar-refractivity contribution in [1.82, 2.24) is 15.1 Å². The first-order chi connectivity index (χ1) is 12.2. The number of methoxy groups -OCH3 is 1. The number of carbonyl (C=O) groups is 2. The van der Waals surface area contributed by atoms with Gasteiger partial charge in [0.1, 0.15) is 11.6 Å². The summed E-state index contributed by atoms with van der Waals surface area (Å²) in [6.07, 6.45) is 1.80. The van der Waals surface area contributed by atoms with Crippen LogP contribution in [0.3, 0.4) is 0 Å². The van der Waals surface area contributed by atoms with Gasteiger partial charge in [-0.15, -0.1) is 21.5 Å². The van der Waals surface area contributed by atoms with Crippen molar-refractivity contribution in [3.8, 4) is 0 Å². The Morgan fingerprint density at radius 2 is 2.32 bits per heavy atom. The van der Waals surface area contributed by atoms with Crippen molar-refractivity contribution in [3.63, 3.8) is 0 Å². The zero-order valence-corrected chi connectivity index (χ0v) is 15.6. The Hall–Kier alpha value is -1.68. The van der Waals surface area contributed by atoms with Gasteiger partial charge in [-0.05, 0) is 30.8 Å². The monoisotopic (exact) mass is 380 g/mol. The number of ether oxygens (including phenoxy) is 1. The summed E-state index contributed by atoms with van der Waals surface area (Å²) in [4.78, 5) is 27.6. The van der Waals surface area contributed by atoms with E-state index >= 15 is 0 Å². The van der Waals surface area contributed by atoms with E-state index in [0.29, 0.717) is 18.3 Å². The molecule has 2 aromatic rings. The molecule has 1 amide bonds. The number of nitrogens with one attached hydrogen (secondary N) is 1. The zero-order valence-electron chi connectivity index (χ0n) is 13.9. The van der Waals surface area contributed by atoms with Gasteiger partial charge >= 0.3 is 0 Å². The van der Waals surface area contributed by atoms with Gasteiger partial charge < -0.3 is 4.74 Å². The van der Waals surface area contributed by atoms with E-state index in [-0.39, 0.29) is 24.2 Å². The van der Waals surface area contributed by atoms with Crippen LogP contribution in [-0.4, -0.2) is 53.5 Å². The molecule has 1 atom stereocenters. The van der Waals surface area contributed by atoms with Crippen LogP contribution in [0.2, 0.25) is 0 Å². The van der Waals surface area contributed by atoms with Gasteiger partial charge in [0.2, 0.25) is 11.0 Å². The first-order valence-electron chi connectivity index (χ1n) is 8.07. The maximum Gasteiger partial charge on any atom is 0.240 e. The second-order valence-electron chi connectivity index (χ2n) is 5.90. The lowest BCUT2D eigenvalue weighted by Gasteiger charge is -2.31. The van der Waals surface area contributed by atoms with E-state index in [1.807, 2.05) is 22.4 Å². The molecule has 9 heteroatoms. The number of nitrogens with zero attached hydrogens (tertiary/aromatic N) is 3. The van der Waals surface area contributed by atoms with Gasteiger partial charge in [0.15, 0.2) is 5.78 Å². The van der Waals surface area contributed by atoms with Crippen LogP contribution in [0, 0.1) is 5.92 Å². The van der Waals surface area contributed by atoms with Crippen LogP contribution in [0.1, 0.15) is 27.5 Å². The summed E-state index contributed by atoms with van der Waals surface area (Å²) in [6, 6.07) is 3.76. The molecule has 0 spiro atoms. The Balaban J connectivity index is 1.51. The van der Waals surface area contributed by atoms with Crippen LogP contribution in [-0.2, 0) is 16.1 Å². The number of ketones is 1. The number of hydrogen-bond acceptors (Lipinski definition) is 8. The highest BCUT2D eigenvalue weighted by Crippen LogP contribution is 2.23. The second kappa shape index (κ2) is 8.61. The number of Topliss-reactive ketones (excluding diaryl/α,β-unsaturated/α-hetero) is 1. The van der Waals surface area contributed by atoms with Crippen LogP contribution in [0.4, 0.5) is 5.13 Å². The smallest absolute Gasteiger partial charge is 0.240 e. The van der Waals surface area contributed by atoms with Crippen LogP contribution in [0.15, 0.2) is 17.5 Å². The van der Waals surface area contributed by atoms with Gasteiger partial charge in [-0.3, -0.25) is 19.8 Å². The van der Waals surface area contributed by atoms with Crippen LogP contribution >= 0.6 is 22.7 Å². The van der Waals surface area contributed by atoms with Crippen molar-refractivity contribution in [1.29, 1.82) is 0 Å². The van der Waals surface area contributed by atoms with Crippen molar-refractivity contribution in [2.45, 2.75) is 19.4 Å². The van der Waals surface area contributed by atoms with Gasteiger partial charge in [0.25, 0.3) is 0 Å². The average Bonchev–Trinajstić information content (AvgIpc) is 3.27. The highest BCUT2D eigenvalue weighted by molar-refractivity contribution is 7.15. The molecule has 134 valence electrons. The molecule has 0 aliphatic carbocycles.